The van der Waals surface area contributed by atoms with Crippen molar-refractivity contribution in [2.75, 3.05) is 12.3 Å². The molecule has 0 saturated carbocycles. The fourth-order valence-electron chi connectivity index (χ4n) is 1.59. The SMILES string of the molecule is CC(C)(COc1cccc(I)c1N)n1ccnc1. The van der Waals surface area contributed by atoms with Crippen LogP contribution in [-0.2, 0) is 5.54 Å². The number of rotatable bonds is 4. The Hall–Kier alpha value is -1.24. The van der Waals surface area contributed by atoms with E-state index in [9.17, 15) is 0 Å². The molecule has 1 aromatic heterocycles. The van der Waals surface area contributed by atoms with E-state index in [2.05, 4.69) is 41.4 Å². The molecular weight excluding hydrogens is 341 g/mol. The van der Waals surface area contributed by atoms with Gasteiger partial charge >= 0.3 is 0 Å². The molecule has 2 N–H and O–H groups in total. The van der Waals surface area contributed by atoms with Gasteiger partial charge in [-0.25, -0.2) is 4.98 Å². The number of imidazole rings is 1. The number of anilines is 1. The minimum absolute atomic E-state index is 0.162. The Bertz CT molecular complexity index is 523. The van der Waals surface area contributed by atoms with Crippen LogP contribution in [0.1, 0.15) is 13.8 Å². The molecule has 18 heavy (non-hydrogen) atoms. The fraction of sp³-hybridized carbons (Fsp3) is 0.308. The zero-order valence-corrected chi connectivity index (χ0v) is 12.6. The Balaban J connectivity index is 2.10. The first-order valence-electron chi connectivity index (χ1n) is 5.66. The molecule has 0 saturated heterocycles. The van der Waals surface area contributed by atoms with E-state index in [0.29, 0.717) is 12.3 Å². The molecule has 0 bridgehead atoms. The molecule has 1 aromatic carbocycles. The molecule has 0 radical (unpaired) electrons. The van der Waals surface area contributed by atoms with Crippen molar-refractivity contribution in [3.8, 4) is 5.75 Å². The fourth-order valence-corrected chi connectivity index (χ4v) is 2.06. The third-order valence-electron chi connectivity index (χ3n) is 2.80. The first kappa shape index (κ1) is 13.2. The summed E-state index contributed by atoms with van der Waals surface area (Å²) in [6.45, 7) is 4.73. The lowest BCUT2D eigenvalue weighted by molar-refractivity contribution is 0.184. The largest absolute Gasteiger partial charge is 0.489 e. The highest BCUT2D eigenvalue weighted by molar-refractivity contribution is 14.1. The Morgan fingerprint density at radius 2 is 2.22 bits per heavy atom. The highest BCUT2D eigenvalue weighted by Gasteiger charge is 2.21. The summed E-state index contributed by atoms with van der Waals surface area (Å²) in [6, 6.07) is 5.79. The minimum atomic E-state index is -0.162. The van der Waals surface area contributed by atoms with Crippen LogP contribution >= 0.6 is 22.6 Å². The second kappa shape index (κ2) is 5.17. The summed E-state index contributed by atoms with van der Waals surface area (Å²) in [5, 5.41) is 0. The van der Waals surface area contributed by atoms with Gasteiger partial charge in [-0.1, -0.05) is 6.07 Å². The summed E-state index contributed by atoms with van der Waals surface area (Å²) in [5.41, 5.74) is 6.51. The van der Waals surface area contributed by atoms with Crippen molar-refractivity contribution in [2.24, 2.45) is 0 Å². The number of hydrogen-bond acceptors (Lipinski definition) is 3. The summed E-state index contributed by atoms with van der Waals surface area (Å²) in [4.78, 5) is 4.06. The Labute approximate surface area is 120 Å². The van der Waals surface area contributed by atoms with Crippen molar-refractivity contribution < 1.29 is 4.74 Å². The summed E-state index contributed by atoms with van der Waals surface area (Å²) >= 11 is 2.20. The summed E-state index contributed by atoms with van der Waals surface area (Å²) < 4.78 is 8.86. The maximum Gasteiger partial charge on any atom is 0.143 e. The van der Waals surface area contributed by atoms with Crippen LogP contribution < -0.4 is 10.5 Å². The third-order valence-corrected chi connectivity index (χ3v) is 3.74. The molecule has 2 rings (SSSR count). The molecule has 0 aliphatic rings. The standard InChI is InChI=1S/C13H16IN3O/c1-13(2,17-7-6-16-9-17)8-18-11-5-3-4-10(14)12(11)15/h3-7,9H,8,15H2,1-2H3. The van der Waals surface area contributed by atoms with Crippen molar-refractivity contribution in [3.63, 3.8) is 0 Å². The molecule has 4 nitrogen and oxygen atoms in total. The normalized spacial score (nSPS) is 11.5. The highest BCUT2D eigenvalue weighted by Crippen LogP contribution is 2.27. The maximum absolute atomic E-state index is 5.98. The van der Waals surface area contributed by atoms with E-state index in [1.807, 2.05) is 29.0 Å². The molecule has 0 aliphatic carbocycles. The van der Waals surface area contributed by atoms with Gasteiger partial charge in [0, 0.05) is 16.0 Å². The van der Waals surface area contributed by atoms with Gasteiger partial charge in [0.15, 0.2) is 0 Å². The quantitative estimate of drug-likeness (QED) is 0.676. The van der Waals surface area contributed by atoms with Gasteiger partial charge in [-0.3, -0.25) is 0 Å². The van der Waals surface area contributed by atoms with Crippen LogP contribution in [0.4, 0.5) is 5.69 Å². The van der Waals surface area contributed by atoms with Crippen molar-refractivity contribution in [1.82, 2.24) is 9.55 Å². The topological polar surface area (TPSA) is 53.1 Å². The lowest BCUT2D eigenvalue weighted by atomic mass is 10.1. The van der Waals surface area contributed by atoms with Crippen LogP contribution in [0.25, 0.3) is 0 Å². The molecule has 96 valence electrons. The van der Waals surface area contributed by atoms with Gasteiger partial charge in [0.25, 0.3) is 0 Å². The maximum atomic E-state index is 5.98. The Morgan fingerprint density at radius 1 is 1.44 bits per heavy atom. The van der Waals surface area contributed by atoms with Crippen molar-refractivity contribution >= 4 is 28.3 Å². The zero-order valence-electron chi connectivity index (χ0n) is 10.4. The second-order valence-corrected chi connectivity index (χ2v) is 5.88. The van der Waals surface area contributed by atoms with Gasteiger partial charge < -0.3 is 15.0 Å². The molecule has 1 heterocycles. The van der Waals surface area contributed by atoms with Crippen LogP contribution in [-0.4, -0.2) is 16.2 Å². The van der Waals surface area contributed by atoms with Crippen LogP contribution in [0.5, 0.6) is 5.75 Å². The Morgan fingerprint density at radius 3 is 2.89 bits per heavy atom. The summed E-state index contributed by atoms with van der Waals surface area (Å²) in [6.07, 6.45) is 5.49. The van der Waals surface area contributed by atoms with E-state index in [1.54, 1.807) is 12.5 Å². The predicted molar refractivity (Wildman–Crippen MR) is 80.6 cm³/mol. The lowest BCUT2D eigenvalue weighted by Crippen LogP contribution is -2.32. The van der Waals surface area contributed by atoms with Crippen molar-refractivity contribution in [2.45, 2.75) is 19.4 Å². The third kappa shape index (κ3) is 2.77. The second-order valence-electron chi connectivity index (χ2n) is 4.72. The average Bonchev–Trinajstić information content (AvgIpc) is 2.85. The molecule has 2 aromatic rings. The van der Waals surface area contributed by atoms with E-state index in [4.69, 9.17) is 10.5 Å². The average molecular weight is 357 g/mol. The van der Waals surface area contributed by atoms with Crippen LogP contribution in [0.15, 0.2) is 36.9 Å². The monoisotopic (exact) mass is 357 g/mol. The number of halogens is 1. The molecule has 0 fully saturated rings. The Kier molecular flexibility index (Phi) is 3.79. The molecule has 0 spiro atoms. The smallest absolute Gasteiger partial charge is 0.143 e. The number of nitrogens with zero attached hydrogens (tertiary/aromatic N) is 2. The van der Waals surface area contributed by atoms with Gasteiger partial charge in [-0.2, -0.15) is 0 Å². The highest BCUT2D eigenvalue weighted by atomic mass is 127. The first-order chi connectivity index (χ1) is 8.50. The van der Waals surface area contributed by atoms with Crippen molar-refractivity contribution in [3.05, 3.63) is 40.5 Å². The van der Waals surface area contributed by atoms with Gasteiger partial charge in [-0.05, 0) is 48.6 Å². The number of aromatic nitrogens is 2. The van der Waals surface area contributed by atoms with Crippen LogP contribution in [0.3, 0.4) is 0 Å². The molecular formula is C13H16IN3O. The van der Waals surface area contributed by atoms with E-state index in [-0.39, 0.29) is 5.54 Å². The number of benzene rings is 1. The molecule has 0 aliphatic heterocycles. The van der Waals surface area contributed by atoms with Crippen molar-refractivity contribution in [1.29, 1.82) is 0 Å². The van der Waals surface area contributed by atoms with Crippen LogP contribution in [0, 0.1) is 3.57 Å². The minimum Gasteiger partial charge on any atom is -0.489 e. The van der Waals surface area contributed by atoms with E-state index in [1.165, 1.54) is 0 Å². The molecule has 5 heteroatoms. The van der Waals surface area contributed by atoms with Gasteiger partial charge in [-0.15, -0.1) is 0 Å². The predicted octanol–water partition coefficient (Wildman–Crippen LogP) is 2.88. The lowest BCUT2D eigenvalue weighted by Gasteiger charge is -2.26. The number of hydrogen-bond donors (Lipinski definition) is 1. The number of para-hydroxylation sites is 1. The van der Waals surface area contributed by atoms with E-state index < -0.39 is 0 Å². The molecule has 0 amide bonds. The van der Waals surface area contributed by atoms with E-state index >= 15 is 0 Å². The van der Waals surface area contributed by atoms with Gasteiger partial charge in [0.1, 0.15) is 12.4 Å². The van der Waals surface area contributed by atoms with E-state index in [0.717, 1.165) is 9.32 Å². The molecule has 0 atom stereocenters. The summed E-state index contributed by atoms with van der Waals surface area (Å²) in [5.74, 6) is 0.732. The zero-order chi connectivity index (χ0) is 13.2. The van der Waals surface area contributed by atoms with Gasteiger partial charge in [0.2, 0.25) is 0 Å². The molecule has 0 unspecified atom stereocenters. The van der Waals surface area contributed by atoms with Gasteiger partial charge in [0.05, 0.1) is 17.6 Å². The number of ether oxygens (including phenoxy) is 1. The summed E-state index contributed by atoms with van der Waals surface area (Å²) in [7, 11) is 0. The first-order valence-corrected chi connectivity index (χ1v) is 6.74. The number of nitrogen functional groups attached to an aromatic ring is 1. The van der Waals surface area contributed by atoms with Crippen LogP contribution in [0.2, 0.25) is 0 Å². The number of nitrogens with two attached hydrogens (primary N) is 1.